The van der Waals surface area contributed by atoms with E-state index in [0.717, 1.165) is 0 Å². The van der Waals surface area contributed by atoms with Crippen molar-refractivity contribution in [3.05, 3.63) is 98.5 Å². The summed E-state index contributed by atoms with van der Waals surface area (Å²) in [5.41, 5.74) is 2.70. The van der Waals surface area contributed by atoms with Gasteiger partial charge in [0.1, 0.15) is 0 Å². The van der Waals surface area contributed by atoms with Gasteiger partial charge in [-0.3, -0.25) is 25.0 Å². The van der Waals surface area contributed by atoms with Crippen LogP contribution in [-0.4, -0.2) is 62.5 Å². The van der Waals surface area contributed by atoms with Crippen LogP contribution in [0.3, 0.4) is 0 Å². The third-order valence-corrected chi connectivity index (χ3v) is 7.70. The number of nitrogens with zero attached hydrogens (tertiary/aromatic N) is 5. The van der Waals surface area contributed by atoms with Gasteiger partial charge in [0.05, 0.1) is 16.7 Å². The van der Waals surface area contributed by atoms with Gasteiger partial charge in [-0.25, -0.2) is 15.0 Å². The SMILES string of the molecule is CC1(C)[C@H](N(O)C(=O)Nc2ccc(Cl)cc2)N(c2ccc(Cl)cc2)C(=O)N1CCCCC(=O)N/N=C/c1ccc([N+](=O)[O-])cc1. The molecule has 3 aromatic rings. The maximum atomic E-state index is 13.8. The lowest BCUT2D eigenvalue weighted by molar-refractivity contribution is -0.384. The lowest BCUT2D eigenvalue weighted by Crippen LogP contribution is -2.58. The maximum Gasteiger partial charge on any atom is 0.347 e. The number of hydrogen-bond donors (Lipinski definition) is 3. The van der Waals surface area contributed by atoms with Crippen LogP contribution in [0.25, 0.3) is 0 Å². The van der Waals surface area contributed by atoms with Gasteiger partial charge in [-0.05, 0) is 92.9 Å². The monoisotopic (exact) mass is 655 g/mol. The summed E-state index contributed by atoms with van der Waals surface area (Å²) in [6, 6.07) is 17.2. The first kappa shape index (κ1) is 33.2. The molecule has 0 aliphatic carbocycles. The van der Waals surface area contributed by atoms with E-state index in [4.69, 9.17) is 23.2 Å². The first-order valence-corrected chi connectivity index (χ1v) is 14.6. The molecule has 0 saturated carbocycles. The van der Waals surface area contributed by atoms with Gasteiger partial charge in [0.2, 0.25) is 5.91 Å². The Kier molecular flexibility index (Phi) is 10.6. The number of rotatable bonds is 11. The number of hydrogen-bond acceptors (Lipinski definition) is 7. The molecule has 0 radical (unpaired) electrons. The van der Waals surface area contributed by atoms with Crippen LogP contribution in [-0.2, 0) is 4.79 Å². The summed E-state index contributed by atoms with van der Waals surface area (Å²) in [5.74, 6) is -0.346. The van der Waals surface area contributed by atoms with Crippen molar-refractivity contribution in [2.75, 3.05) is 16.8 Å². The van der Waals surface area contributed by atoms with Gasteiger partial charge in [-0.1, -0.05) is 23.2 Å². The van der Waals surface area contributed by atoms with Crippen molar-refractivity contribution in [3.8, 4) is 0 Å². The van der Waals surface area contributed by atoms with Crippen molar-refractivity contribution in [2.45, 2.75) is 44.8 Å². The number of hydrazone groups is 1. The summed E-state index contributed by atoms with van der Waals surface area (Å²) in [7, 11) is 0. The molecule has 0 unspecified atom stereocenters. The molecule has 236 valence electrons. The molecule has 0 bridgehead atoms. The lowest BCUT2D eigenvalue weighted by atomic mass is 9.99. The Hall–Kier alpha value is -4.72. The Bertz CT molecular complexity index is 1570. The minimum Gasteiger partial charge on any atom is -0.315 e. The molecule has 3 aromatic carbocycles. The van der Waals surface area contributed by atoms with E-state index in [1.165, 1.54) is 35.4 Å². The number of nitro benzene ring substituents is 1. The number of nitro groups is 1. The third kappa shape index (κ3) is 8.06. The molecule has 3 N–H and O–H groups in total. The number of hydroxylamine groups is 2. The largest absolute Gasteiger partial charge is 0.347 e. The van der Waals surface area contributed by atoms with Gasteiger partial charge in [0.15, 0.2) is 6.17 Å². The molecule has 5 amide bonds. The number of non-ortho nitro benzene ring substituents is 1. The Morgan fingerprint density at radius 1 is 1.02 bits per heavy atom. The molecule has 1 atom stereocenters. The van der Waals surface area contributed by atoms with Crippen LogP contribution in [0.15, 0.2) is 77.9 Å². The Morgan fingerprint density at radius 3 is 2.22 bits per heavy atom. The highest BCUT2D eigenvalue weighted by Crippen LogP contribution is 2.38. The molecule has 1 aliphatic heterocycles. The van der Waals surface area contributed by atoms with Gasteiger partial charge < -0.3 is 10.2 Å². The van der Waals surface area contributed by atoms with Crippen LogP contribution >= 0.6 is 23.2 Å². The number of benzene rings is 3. The second-order valence-corrected chi connectivity index (χ2v) is 11.6. The Balaban J connectivity index is 1.40. The number of nitrogens with one attached hydrogen (secondary N) is 2. The molecule has 45 heavy (non-hydrogen) atoms. The van der Waals surface area contributed by atoms with E-state index in [1.54, 1.807) is 67.3 Å². The minimum atomic E-state index is -1.13. The summed E-state index contributed by atoms with van der Waals surface area (Å²) in [6.07, 6.45) is 1.24. The summed E-state index contributed by atoms with van der Waals surface area (Å²) in [4.78, 5) is 52.4. The van der Waals surface area contributed by atoms with Crippen molar-refractivity contribution in [1.29, 1.82) is 0 Å². The normalized spacial score (nSPS) is 15.8. The fraction of sp³-hybridized carbons (Fsp3) is 0.267. The molecule has 1 fully saturated rings. The van der Waals surface area contributed by atoms with E-state index in [1.807, 2.05) is 0 Å². The van der Waals surface area contributed by atoms with Gasteiger partial charge >= 0.3 is 12.1 Å². The predicted octanol–water partition coefficient (Wildman–Crippen LogP) is 6.49. The van der Waals surface area contributed by atoms with Gasteiger partial charge in [0.25, 0.3) is 5.69 Å². The van der Waals surface area contributed by atoms with Gasteiger partial charge in [-0.15, -0.1) is 0 Å². The van der Waals surface area contributed by atoms with Gasteiger partial charge in [0, 0.05) is 46.5 Å². The van der Waals surface area contributed by atoms with E-state index >= 15 is 0 Å². The lowest BCUT2D eigenvalue weighted by Gasteiger charge is -2.38. The van der Waals surface area contributed by atoms with Crippen LogP contribution in [0.4, 0.5) is 26.7 Å². The summed E-state index contributed by atoms with van der Waals surface area (Å²) in [5, 5.41) is 29.9. The fourth-order valence-corrected chi connectivity index (χ4v) is 5.13. The number of urea groups is 2. The zero-order valence-electron chi connectivity index (χ0n) is 24.4. The molecule has 0 spiro atoms. The number of carbonyl (C=O) groups excluding carboxylic acids is 3. The minimum absolute atomic E-state index is 0.0497. The van der Waals surface area contributed by atoms with E-state index in [0.29, 0.717) is 44.9 Å². The quantitative estimate of drug-likeness (QED) is 0.0703. The average molecular weight is 657 g/mol. The van der Waals surface area contributed by atoms with E-state index in [-0.39, 0.29) is 24.6 Å². The molecule has 0 aromatic heterocycles. The third-order valence-electron chi connectivity index (χ3n) is 7.19. The van der Waals surface area contributed by atoms with Crippen LogP contribution in [0, 0.1) is 10.1 Å². The summed E-state index contributed by atoms with van der Waals surface area (Å²) in [6.45, 7) is 3.71. The van der Waals surface area contributed by atoms with Crippen LogP contribution < -0.4 is 15.6 Å². The molecule has 15 heteroatoms. The highest BCUT2D eigenvalue weighted by atomic mass is 35.5. The highest BCUT2D eigenvalue weighted by molar-refractivity contribution is 6.31. The first-order valence-electron chi connectivity index (χ1n) is 13.9. The molecule has 13 nitrogen and oxygen atoms in total. The number of carbonyl (C=O) groups is 3. The van der Waals surface area contributed by atoms with Crippen molar-refractivity contribution < 1.29 is 24.5 Å². The zero-order valence-corrected chi connectivity index (χ0v) is 25.9. The van der Waals surface area contributed by atoms with Crippen molar-refractivity contribution >= 4 is 64.4 Å². The predicted molar refractivity (Wildman–Crippen MR) is 171 cm³/mol. The number of anilines is 2. The molecule has 1 heterocycles. The van der Waals surface area contributed by atoms with Crippen molar-refractivity contribution in [2.24, 2.45) is 5.10 Å². The maximum absolute atomic E-state index is 13.8. The van der Waals surface area contributed by atoms with Crippen LogP contribution in [0.5, 0.6) is 0 Å². The Labute approximate surface area is 269 Å². The standard InChI is InChI=1S/C30H31Cl2N7O6/c1-30(2)27(38(43)28(41)34-23-12-8-21(31)9-13-23)37(24-16-10-22(32)11-17-24)29(42)36(30)18-4-3-5-26(40)35-33-19-20-6-14-25(15-7-20)39(44)45/h6-17,19,27,43H,3-5,18H2,1-2H3,(H,34,41)(H,35,40)/b33-19+/t27-/m0/s1. The van der Waals surface area contributed by atoms with E-state index in [2.05, 4.69) is 15.8 Å². The van der Waals surface area contributed by atoms with Crippen molar-refractivity contribution in [1.82, 2.24) is 15.4 Å². The van der Waals surface area contributed by atoms with Crippen LogP contribution in [0.2, 0.25) is 10.0 Å². The van der Waals surface area contributed by atoms with Crippen molar-refractivity contribution in [3.63, 3.8) is 0 Å². The number of amides is 5. The smallest absolute Gasteiger partial charge is 0.315 e. The molecular weight excluding hydrogens is 625 g/mol. The second kappa shape index (κ2) is 14.4. The Morgan fingerprint density at radius 2 is 1.62 bits per heavy atom. The van der Waals surface area contributed by atoms with Gasteiger partial charge in [-0.2, -0.15) is 10.2 Å². The topological polar surface area (TPSA) is 161 Å². The van der Waals surface area contributed by atoms with E-state index in [9.17, 15) is 29.7 Å². The molecular formula is C30H31Cl2N7O6. The highest BCUT2D eigenvalue weighted by Gasteiger charge is 2.55. The van der Waals surface area contributed by atoms with E-state index < -0.39 is 28.7 Å². The summed E-state index contributed by atoms with van der Waals surface area (Å²) >= 11 is 12.0. The molecule has 1 saturated heterocycles. The average Bonchev–Trinajstić information content (AvgIpc) is 3.20. The summed E-state index contributed by atoms with van der Waals surface area (Å²) < 4.78 is 0. The molecule has 1 aliphatic rings. The molecule has 4 rings (SSSR count). The first-order chi connectivity index (χ1) is 21.4. The number of unbranched alkanes of at least 4 members (excludes halogenated alkanes) is 1. The second-order valence-electron chi connectivity index (χ2n) is 10.7. The zero-order chi connectivity index (χ0) is 32.7. The fourth-order valence-electron chi connectivity index (χ4n) is 4.88. The number of halogens is 2. The van der Waals surface area contributed by atoms with Crippen LogP contribution in [0.1, 0.15) is 38.7 Å².